The molecule has 3 aromatic heterocycles. The van der Waals surface area contributed by atoms with Crippen molar-refractivity contribution in [2.45, 2.75) is 20.3 Å². The van der Waals surface area contributed by atoms with E-state index in [0.29, 0.717) is 23.8 Å². The van der Waals surface area contributed by atoms with Crippen molar-refractivity contribution < 1.29 is 4.39 Å². The first kappa shape index (κ1) is 19.8. The second-order valence-electron chi connectivity index (χ2n) is 5.83. The Labute approximate surface area is 168 Å². The van der Waals surface area contributed by atoms with Crippen molar-refractivity contribution in [1.82, 2.24) is 19.9 Å². The first-order valence-corrected chi connectivity index (χ1v) is 9.51. The van der Waals surface area contributed by atoms with Crippen molar-refractivity contribution in [3.63, 3.8) is 0 Å². The largest absolute Gasteiger partial charge is 0.370 e. The average Bonchev–Trinajstić information content (AvgIpc) is 3.12. The van der Waals surface area contributed by atoms with E-state index in [9.17, 15) is 4.39 Å². The number of nitrogens with one attached hydrogen (secondary N) is 2. The molecule has 0 bridgehead atoms. The first-order chi connectivity index (χ1) is 13.7. The van der Waals surface area contributed by atoms with E-state index in [1.165, 1.54) is 23.2 Å². The summed E-state index contributed by atoms with van der Waals surface area (Å²) in [5, 5.41) is 4.75. The van der Waals surface area contributed by atoms with Gasteiger partial charge in [-0.05, 0) is 24.1 Å². The molecule has 0 amide bonds. The van der Waals surface area contributed by atoms with E-state index in [2.05, 4.69) is 37.4 Å². The number of benzene rings is 1. The SMILES string of the molecule is CC.Fc1cncc(-c2nc(Cl)cc(NCCc3c[nH]c4ccccc34)n2)c1. The molecule has 4 rings (SSSR count). The smallest absolute Gasteiger partial charge is 0.164 e. The van der Waals surface area contributed by atoms with Gasteiger partial charge >= 0.3 is 0 Å². The summed E-state index contributed by atoms with van der Waals surface area (Å²) < 4.78 is 13.4. The molecule has 0 radical (unpaired) electrons. The lowest BCUT2D eigenvalue weighted by atomic mass is 10.1. The Bertz CT molecular complexity index is 1060. The fraction of sp³-hybridized carbons (Fsp3) is 0.190. The molecule has 0 fully saturated rings. The molecule has 0 aliphatic rings. The Kier molecular flexibility index (Phi) is 6.55. The van der Waals surface area contributed by atoms with Gasteiger partial charge in [0.1, 0.15) is 16.8 Å². The maximum atomic E-state index is 13.4. The summed E-state index contributed by atoms with van der Waals surface area (Å²) in [6.45, 7) is 4.68. The highest BCUT2D eigenvalue weighted by Crippen LogP contribution is 2.21. The molecule has 0 saturated carbocycles. The van der Waals surface area contributed by atoms with E-state index < -0.39 is 5.82 Å². The predicted octanol–water partition coefficient (Wildman–Crippen LogP) is 5.49. The molecular formula is C21H21ClFN5. The highest BCUT2D eigenvalue weighted by Gasteiger charge is 2.08. The molecule has 0 aliphatic carbocycles. The first-order valence-electron chi connectivity index (χ1n) is 9.13. The molecule has 28 heavy (non-hydrogen) atoms. The zero-order valence-corrected chi connectivity index (χ0v) is 16.5. The number of pyridine rings is 1. The molecule has 0 saturated heterocycles. The van der Waals surface area contributed by atoms with Crippen LogP contribution < -0.4 is 5.32 Å². The Hall–Kier alpha value is -2.99. The van der Waals surface area contributed by atoms with Gasteiger partial charge in [-0.3, -0.25) is 4.98 Å². The minimum absolute atomic E-state index is 0.286. The van der Waals surface area contributed by atoms with Crippen LogP contribution in [0.5, 0.6) is 0 Å². The number of fused-ring (bicyclic) bond motifs is 1. The molecular weight excluding hydrogens is 377 g/mol. The molecule has 144 valence electrons. The van der Waals surface area contributed by atoms with Gasteiger partial charge in [0.05, 0.1) is 6.20 Å². The van der Waals surface area contributed by atoms with Crippen LogP contribution in [-0.4, -0.2) is 26.5 Å². The summed E-state index contributed by atoms with van der Waals surface area (Å²) in [6.07, 6.45) is 5.48. The van der Waals surface area contributed by atoms with Crippen LogP contribution in [0, 0.1) is 5.82 Å². The zero-order valence-electron chi connectivity index (χ0n) is 15.7. The van der Waals surface area contributed by atoms with Gasteiger partial charge in [-0.2, -0.15) is 0 Å². The third-order valence-corrected chi connectivity index (χ3v) is 4.23. The summed E-state index contributed by atoms with van der Waals surface area (Å²) in [4.78, 5) is 15.6. The summed E-state index contributed by atoms with van der Waals surface area (Å²) >= 11 is 6.09. The van der Waals surface area contributed by atoms with E-state index in [1.807, 2.05) is 32.2 Å². The van der Waals surface area contributed by atoms with Gasteiger partial charge in [0, 0.05) is 41.5 Å². The third-order valence-electron chi connectivity index (χ3n) is 4.03. The third kappa shape index (κ3) is 4.64. The Balaban J connectivity index is 0.00000109. The van der Waals surface area contributed by atoms with E-state index in [-0.39, 0.29) is 5.15 Å². The maximum absolute atomic E-state index is 13.4. The Morgan fingerprint density at radius 2 is 1.93 bits per heavy atom. The molecule has 0 spiro atoms. The average molecular weight is 398 g/mol. The number of para-hydroxylation sites is 1. The highest BCUT2D eigenvalue weighted by molar-refractivity contribution is 6.29. The lowest BCUT2D eigenvalue weighted by Crippen LogP contribution is -2.07. The van der Waals surface area contributed by atoms with Gasteiger partial charge in [-0.1, -0.05) is 43.6 Å². The monoisotopic (exact) mass is 397 g/mol. The van der Waals surface area contributed by atoms with Crippen LogP contribution in [0.1, 0.15) is 19.4 Å². The summed E-state index contributed by atoms with van der Waals surface area (Å²) in [5.41, 5.74) is 2.82. The number of halogens is 2. The van der Waals surface area contributed by atoms with Gasteiger partial charge in [0.2, 0.25) is 0 Å². The molecule has 2 N–H and O–H groups in total. The molecule has 0 atom stereocenters. The number of nitrogens with zero attached hydrogens (tertiary/aromatic N) is 3. The van der Waals surface area contributed by atoms with E-state index in [0.717, 1.165) is 18.1 Å². The fourth-order valence-corrected chi connectivity index (χ4v) is 3.02. The number of anilines is 1. The quantitative estimate of drug-likeness (QED) is 0.437. The number of aromatic nitrogens is 4. The second-order valence-corrected chi connectivity index (χ2v) is 6.21. The molecule has 0 aliphatic heterocycles. The zero-order chi connectivity index (χ0) is 19.9. The number of hydrogen-bond acceptors (Lipinski definition) is 4. The van der Waals surface area contributed by atoms with Crippen molar-refractivity contribution in [1.29, 1.82) is 0 Å². The van der Waals surface area contributed by atoms with Crippen molar-refractivity contribution in [3.8, 4) is 11.4 Å². The van der Waals surface area contributed by atoms with Crippen LogP contribution in [0.2, 0.25) is 5.15 Å². The molecule has 5 nitrogen and oxygen atoms in total. The van der Waals surface area contributed by atoms with Gasteiger partial charge < -0.3 is 10.3 Å². The normalized spacial score (nSPS) is 10.4. The summed E-state index contributed by atoms with van der Waals surface area (Å²) in [6, 6.07) is 11.2. The molecule has 3 heterocycles. The number of rotatable bonds is 5. The van der Waals surface area contributed by atoms with Crippen molar-refractivity contribution in [2.75, 3.05) is 11.9 Å². The van der Waals surface area contributed by atoms with Gasteiger partial charge in [0.25, 0.3) is 0 Å². The van der Waals surface area contributed by atoms with Crippen molar-refractivity contribution >= 4 is 28.3 Å². The minimum Gasteiger partial charge on any atom is -0.370 e. The molecule has 0 unspecified atom stereocenters. The van der Waals surface area contributed by atoms with Crippen LogP contribution in [0.4, 0.5) is 10.2 Å². The van der Waals surface area contributed by atoms with Crippen molar-refractivity contribution in [2.24, 2.45) is 0 Å². The minimum atomic E-state index is -0.445. The van der Waals surface area contributed by atoms with Crippen LogP contribution in [0.15, 0.2) is 55.0 Å². The topological polar surface area (TPSA) is 66.5 Å². The van der Waals surface area contributed by atoms with E-state index >= 15 is 0 Å². The van der Waals surface area contributed by atoms with Gasteiger partial charge in [-0.25, -0.2) is 14.4 Å². The Morgan fingerprint density at radius 3 is 2.75 bits per heavy atom. The molecule has 1 aromatic carbocycles. The van der Waals surface area contributed by atoms with E-state index in [1.54, 1.807) is 6.07 Å². The van der Waals surface area contributed by atoms with Crippen LogP contribution in [0.25, 0.3) is 22.3 Å². The molecule has 7 heteroatoms. The number of hydrogen-bond donors (Lipinski definition) is 2. The highest BCUT2D eigenvalue weighted by atomic mass is 35.5. The van der Waals surface area contributed by atoms with Gasteiger partial charge in [0.15, 0.2) is 5.82 Å². The summed E-state index contributed by atoms with van der Waals surface area (Å²) in [5.74, 6) is 0.475. The Morgan fingerprint density at radius 1 is 1.11 bits per heavy atom. The van der Waals surface area contributed by atoms with Crippen LogP contribution >= 0.6 is 11.6 Å². The van der Waals surface area contributed by atoms with Crippen molar-refractivity contribution in [3.05, 3.63) is 71.5 Å². The number of H-pyrrole nitrogens is 1. The van der Waals surface area contributed by atoms with Gasteiger partial charge in [-0.15, -0.1) is 0 Å². The van der Waals surface area contributed by atoms with Crippen LogP contribution in [-0.2, 0) is 6.42 Å². The van der Waals surface area contributed by atoms with E-state index in [4.69, 9.17) is 11.6 Å². The summed E-state index contributed by atoms with van der Waals surface area (Å²) in [7, 11) is 0. The second kappa shape index (κ2) is 9.28. The lowest BCUT2D eigenvalue weighted by Gasteiger charge is -2.08. The fourth-order valence-electron chi connectivity index (χ4n) is 2.84. The predicted molar refractivity (Wildman–Crippen MR) is 112 cm³/mol. The maximum Gasteiger partial charge on any atom is 0.164 e. The van der Waals surface area contributed by atoms with Crippen LogP contribution in [0.3, 0.4) is 0 Å². The molecule has 4 aromatic rings. The standard InChI is InChI=1S/C19H15ClFN5.C2H6/c20-17-8-18(26-19(25-17)13-7-14(21)11-22-9-13)23-6-5-12-10-24-16-4-2-1-3-15(12)16;1-2/h1-4,7-11,24H,5-6H2,(H,23,25,26);1-2H3. The lowest BCUT2D eigenvalue weighted by molar-refractivity contribution is 0.622. The number of aromatic amines is 1.